The Labute approximate surface area is 128 Å². The molecule has 2 rings (SSSR count). The van der Waals surface area contributed by atoms with Crippen molar-refractivity contribution in [3.63, 3.8) is 0 Å². The fraction of sp³-hybridized carbons (Fsp3) is 0.467. The maximum atomic E-state index is 10.9. The van der Waals surface area contributed by atoms with Gasteiger partial charge in [-0.2, -0.15) is 0 Å². The monoisotopic (exact) mass is 307 g/mol. The molecule has 0 spiro atoms. The van der Waals surface area contributed by atoms with Crippen LogP contribution in [0.4, 0.5) is 4.79 Å². The average Bonchev–Trinajstić information content (AvgIpc) is 2.52. The number of nitrogens with one attached hydrogen (secondary N) is 2. The Hall–Kier alpha value is -2.28. The summed E-state index contributed by atoms with van der Waals surface area (Å²) in [5.41, 5.74) is 7.00. The largest absolute Gasteiger partial charge is 0.483 e. The van der Waals surface area contributed by atoms with Gasteiger partial charge in [-0.1, -0.05) is 12.1 Å². The second-order valence-corrected chi connectivity index (χ2v) is 5.31. The van der Waals surface area contributed by atoms with Gasteiger partial charge < -0.3 is 26.2 Å². The summed E-state index contributed by atoms with van der Waals surface area (Å²) in [5, 5.41) is 14.4. The van der Waals surface area contributed by atoms with Crippen LogP contribution in [0, 0.1) is 0 Å². The Morgan fingerprint density at radius 1 is 1.36 bits per heavy atom. The Morgan fingerprint density at radius 3 is 2.73 bits per heavy atom. The van der Waals surface area contributed by atoms with Gasteiger partial charge in [-0.25, -0.2) is 4.79 Å². The Kier molecular flexibility index (Phi) is 5.60. The van der Waals surface area contributed by atoms with Crippen LogP contribution in [0.3, 0.4) is 0 Å². The van der Waals surface area contributed by atoms with E-state index >= 15 is 0 Å². The highest BCUT2D eigenvalue weighted by Crippen LogP contribution is 2.33. The molecule has 0 saturated carbocycles. The van der Waals surface area contributed by atoms with E-state index in [0.29, 0.717) is 11.7 Å². The van der Waals surface area contributed by atoms with Gasteiger partial charge in [0.15, 0.2) is 6.61 Å². The van der Waals surface area contributed by atoms with E-state index in [1.807, 2.05) is 6.07 Å². The van der Waals surface area contributed by atoms with Crippen LogP contribution in [0.15, 0.2) is 18.2 Å². The first-order chi connectivity index (χ1) is 10.6. The number of piperidine rings is 1. The summed E-state index contributed by atoms with van der Waals surface area (Å²) in [6.45, 7) is 1.93. The van der Waals surface area contributed by atoms with Crippen molar-refractivity contribution in [3.8, 4) is 5.75 Å². The van der Waals surface area contributed by atoms with Gasteiger partial charge >= 0.3 is 6.09 Å². The minimum absolute atomic E-state index is 0.162. The van der Waals surface area contributed by atoms with E-state index in [2.05, 4.69) is 10.6 Å². The molecule has 1 saturated heterocycles. The third-order valence-corrected chi connectivity index (χ3v) is 3.67. The van der Waals surface area contributed by atoms with Crippen molar-refractivity contribution in [2.24, 2.45) is 5.73 Å². The third-order valence-electron chi connectivity index (χ3n) is 3.67. The molecule has 0 atom stereocenters. The van der Waals surface area contributed by atoms with Gasteiger partial charge in [-0.15, -0.1) is 0 Å². The molecule has 1 aliphatic rings. The van der Waals surface area contributed by atoms with Crippen molar-refractivity contribution < 1.29 is 19.4 Å². The van der Waals surface area contributed by atoms with Crippen molar-refractivity contribution in [1.29, 1.82) is 0 Å². The average molecular weight is 307 g/mol. The SMILES string of the molecule is NC(=O)COc1ccc(CNC(=O)O)cc1C1CCNCC1. The Balaban J connectivity index is 2.19. The number of nitrogens with two attached hydrogens (primary N) is 1. The third kappa shape index (κ3) is 4.63. The quantitative estimate of drug-likeness (QED) is 0.620. The summed E-state index contributed by atoms with van der Waals surface area (Å²) in [6, 6.07) is 5.51. The Morgan fingerprint density at radius 2 is 2.09 bits per heavy atom. The summed E-state index contributed by atoms with van der Waals surface area (Å²) in [6.07, 6.45) is 0.892. The molecule has 7 heteroatoms. The summed E-state index contributed by atoms with van der Waals surface area (Å²) < 4.78 is 5.50. The van der Waals surface area contributed by atoms with E-state index < -0.39 is 12.0 Å². The molecule has 0 bridgehead atoms. The number of ether oxygens (including phenoxy) is 1. The zero-order chi connectivity index (χ0) is 15.9. The number of amides is 2. The molecule has 2 amide bonds. The van der Waals surface area contributed by atoms with Crippen LogP contribution in [-0.2, 0) is 11.3 Å². The van der Waals surface area contributed by atoms with E-state index in [-0.39, 0.29) is 13.2 Å². The molecule has 1 aromatic rings. The lowest BCUT2D eigenvalue weighted by atomic mass is 9.88. The minimum Gasteiger partial charge on any atom is -0.483 e. The predicted molar refractivity (Wildman–Crippen MR) is 80.8 cm³/mol. The fourth-order valence-electron chi connectivity index (χ4n) is 2.62. The fourth-order valence-corrected chi connectivity index (χ4v) is 2.62. The van der Waals surface area contributed by atoms with Gasteiger partial charge in [0.25, 0.3) is 5.91 Å². The van der Waals surface area contributed by atoms with Crippen LogP contribution in [0.5, 0.6) is 5.75 Å². The van der Waals surface area contributed by atoms with E-state index in [4.69, 9.17) is 15.6 Å². The second kappa shape index (κ2) is 7.65. The standard InChI is InChI=1S/C15H21N3O4/c16-14(19)9-22-13-2-1-10(8-18-15(20)21)7-12(13)11-3-5-17-6-4-11/h1-2,7,11,17-18H,3-6,8-9H2,(H2,16,19)(H,20,21). The van der Waals surface area contributed by atoms with Crippen LogP contribution in [0.1, 0.15) is 29.9 Å². The highest BCUT2D eigenvalue weighted by molar-refractivity contribution is 5.75. The molecule has 0 radical (unpaired) electrons. The van der Waals surface area contributed by atoms with Gasteiger partial charge in [0.2, 0.25) is 0 Å². The maximum Gasteiger partial charge on any atom is 0.404 e. The molecule has 0 aliphatic carbocycles. The lowest BCUT2D eigenvalue weighted by Gasteiger charge is -2.25. The topological polar surface area (TPSA) is 114 Å². The first kappa shape index (κ1) is 16.1. The highest BCUT2D eigenvalue weighted by atomic mass is 16.5. The normalized spacial score (nSPS) is 15.3. The van der Waals surface area contributed by atoms with Gasteiger partial charge in [0.1, 0.15) is 5.75 Å². The molecule has 22 heavy (non-hydrogen) atoms. The van der Waals surface area contributed by atoms with Crippen LogP contribution < -0.4 is 21.1 Å². The zero-order valence-corrected chi connectivity index (χ0v) is 12.3. The van der Waals surface area contributed by atoms with Crippen molar-refractivity contribution >= 4 is 12.0 Å². The molecular formula is C15H21N3O4. The number of rotatable bonds is 6. The van der Waals surface area contributed by atoms with Crippen molar-refractivity contribution in [2.75, 3.05) is 19.7 Å². The molecule has 0 aromatic heterocycles. The van der Waals surface area contributed by atoms with E-state index in [0.717, 1.165) is 37.1 Å². The van der Waals surface area contributed by atoms with E-state index in [1.165, 1.54) is 0 Å². The highest BCUT2D eigenvalue weighted by Gasteiger charge is 2.20. The predicted octanol–water partition coefficient (Wildman–Crippen LogP) is 0.785. The Bertz CT molecular complexity index is 542. The molecule has 1 aliphatic heterocycles. The molecule has 120 valence electrons. The van der Waals surface area contributed by atoms with Crippen LogP contribution >= 0.6 is 0 Å². The van der Waals surface area contributed by atoms with Crippen LogP contribution in [0.2, 0.25) is 0 Å². The van der Waals surface area contributed by atoms with E-state index in [1.54, 1.807) is 12.1 Å². The van der Waals surface area contributed by atoms with Crippen LogP contribution in [-0.4, -0.2) is 36.8 Å². The van der Waals surface area contributed by atoms with Crippen molar-refractivity contribution in [3.05, 3.63) is 29.3 Å². The van der Waals surface area contributed by atoms with Crippen molar-refractivity contribution in [2.45, 2.75) is 25.3 Å². The van der Waals surface area contributed by atoms with Gasteiger partial charge in [0.05, 0.1) is 0 Å². The number of primary amides is 1. The maximum absolute atomic E-state index is 10.9. The number of hydrogen-bond acceptors (Lipinski definition) is 4. The summed E-state index contributed by atoms with van der Waals surface area (Å²) in [7, 11) is 0. The van der Waals surface area contributed by atoms with E-state index in [9.17, 15) is 9.59 Å². The van der Waals surface area contributed by atoms with Gasteiger partial charge in [-0.3, -0.25) is 4.79 Å². The zero-order valence-electron chi connectivity index (χ0n) is 12.3. The summed E-state index contributed by atoms with van der Waals surface area (Å²) >= 11 is 0. The first-order valence-corrected chi connectivity index (χ1v) is 7.27. The van der Waals surface area contributed by atoms with Crippen LogP contribution in [0.25, 0.3) is 0 Å². The first-order valence-electron chi connectivity index (χ1n) is 7.27. The lowest BCUT2D eigenvalue weighted by molar-refractivity contribution is -0.119. The number of carbonyl (C=O) groups is 2. The van der Waals surface area contributed by atoms with Gasteiger partial charge in [-0.05, 0) is 49.0 Å². The van der Waals surface area contributed by atoms with Crippen molar-refractivity contribution in [1.82, 2.24) is 10.6 Å². The molecule has 1 aromatic carbocycles. The second-order valence-electron chi connectivity index (χ2n) is 5.31. The molecule has 1 fully saturated rings. The molecule has 1 heterocycles. The molecule has 5 N–H and O–H groups in total. The summed E-state index contributed by atoms with van der Waals surface area (Å²) in [4.78, 5) is 21.5. The smallest absolute Gasteiger partial charge is 0.404 e. The molecule has 7 nitrogen and oxygen atoms in total. The number of carboxylic acid groups (broad SMARTS) is 1. The van der Waals surface area contributed by atoms with Gasteiger partial charge in [0, 0.05) is 6.54 Å². The number of benzene rings is 1. The molecule has 0 unspecified atom stereocenters. The lowest BCUT2D eigenvalue weighted by Crippen LogP contribution is -2.27. The summed E-state index contributed by atoms with van der Waals surface area (Å²) in [5.74, 6) is 0.451. The molecular weight excluding hydrogens is 286 g/mol. The number of carbonyl (C=O) groups excluding carboxylic acids is 1. The minimum atomic E-state index is -1.06. The number of hydrogen-bond donors (Lipinski definition) is 4.